The van der Waals surface area contributed by atoms with Gasteiger partial charge in [-0.2, -0.15) is 0 Å². The molecule has 0 radical (unpaired) electrons. The van der Waals surface area contributed by atoms with Crippen molar-refractivity contribution >= 4 is 17.8 Å². The Morgan fingerprint density at radius 1 is 0.875 bits per heavy atom. The SMILES string of the molecule is O=C(NC1(C(=O)O)CCCC1)[C@H]1CCCC[C@H]1C(=O)N1CCCC1. The van der Waals surface area contributed by atoms with Crippen molar-refractivity contribution in [2.75, 3.05) is 13.1 Å². The van der Waals surface area contributed by atoms with E-state index in [9.17, 15) is 19.5 Å². The summed E-state index contributed by atoms with van der Waals surface area (Å²) in [5.74, 6) is -1.71. The van der Waals surface area contributed by atoms with Crippen LogP contribution >= 0.6 is 0 Å². The molecule has 24 heavy (non-hydrogen) atoms. The Kier molecular flexibility index (Phi) is 5.11. The normalized spacial score (nSPS) is 29.4. The first-order chi connectivity index (χ1) is 11.5. The number of amides is 2. The summed E-state index contributed by atoms with van der Waals surface area (Å²) in [6.07, 6.45) is 8.05. The van der Waals surface area contributed by atoms with E-state index < -0.39 is 11.5 Å². The molecule has 0 aromatic heterocycles. The maximum Gasteiger partial charge on any atom is 0.329 e. The molecule has 1 aliphatic heterocycles. The number of rotatable bonds is 4. The van der Waals surface area contributed by atoms with E-state index in [0.29, 0.717) is 19.3 Å². The van der Waals surface area contributed by atoms with Gasteiger partial charge in [-0.05, 0) is 38.5 Å². The van der Waals surface area contributed by atoms with Crippen LogP contribution in [0.2, 0.25) is 0 Å². The van der Waals surface area contributed by atoms with Crippen LogP contribution in [0.15, 0.2) is 0 Å². The number of likely N-dealkylation sites (tertiary alicyclic amines) is 1. The highest BCUT2D eigenvalue weighted by atomic mass is 16.4. The third kappa shape index (κ3) is 3.28. The average Bonchev–Trinajstić information content (AvgIpc) is 3.26. The molecule has 0 aromatic carbocycles. The highest BCUT2D eigenvalue weighted by Crippen LogP contribution is 2.35. The van der Waals surface area contributed by atoms with Gasteiger partial charge in [0.2, 0.25) is 11.8 Å². The Bertz CT molecular complexity index is 507. The van der Waals surface area contributed by atoms with E-state index in [0.717, 1.165) is 58.0 Å². The van der Waals surface area contributed by atoms with Gasteiger partial charge >= 0.3 is 5.97 Å². The van der Waals surface area contributed by atoms with Crippen LogP contribution in [0.5, 0.6) is 0 Å². The molecule has 6 heteroatoms. The van der Waals surface area contributed by atoms with Gasteiger partial charge in [0.25, 0.3) is 0 Å². The first kappa shape index (κ1) is 17.2. The maximum absolute atomic E-state index is 12.8. The molecule has 2 N–H and O–H groups in total. The Morgan fingerprint density at radius 2 is 1.46 bits per heavy atom. The predicted molar refractivity (Wildman–Crippen MR) is 88.2 cm³/mol. The molecule has 0 spiro atoms. The molecule has 3 rings (SSSR count). The zero-order valence-corrected chi connectivity index (χ0v) is 14.3. The molecule has 2 amide bonds. The van der Waals surface area contributed by atoms with E-state index in [1.54, 1.807) is 0 Å². The second-order valence-electron chi connectivity index (χ2n) is 7.61. The summed E-state index contributed by atoms with van der Waals surface area (Å²) in [5, 5.41) is 12.4. The first-order valence-electron chi connectivity index (χ1n) is 9.38. The van der Waals surface area contributed by atoms with Gasteiger partial charge in [-0.15, -0.1) is 0 Å². The highest BCUT2D eigenvalue weighted by Gasteiger charge is 2.46. The number of carbonyl (C=O) groups is 3. The van der Waals surface area contributed by atoms with Crippen molar-refractivity contribution in [2.45, 2.75) is 69.7 Å². The monoisotopic (exact) mass is 336 g/mol. The highest BCUT2D eigenvalue weighted by molar-refractivity contribution is 5.92. The van der Waals surface area contributed by atoms with Gasteiger partial charge < -0.3 is 15.3 Å². The Balaban J connectivity index is 1.71. The minimum absolute atomic E-state index is 0.100. The number of aliphatic carboxylic acids is 1. The molecule has 6 nitrogen and oxygen atoms in total. The second-order valence-corrected chi connectivity index (χ2v) is 7.61. The smallest absolute Gasteiger partial charge is 0.329 e. The molecule has 3 fully saturated rings. The quantitative estimate of drug-likeness (QED) is 0.821. The summed E-state index contributed by atoms with van der Waals surface area (Å²) in [6, 6.07) is 0. The van der Waals surface area contributed by atoms with Gasteiger partial charge in [0.05, 0.1) is 0 Å². The van der Waals surface area contributed by atoms with Crippen LogP contribution in [-0.4, -0.2) is 46.4 Å². The lowest BCUT2D eigenvalue weighted by atomic mass is 9.77. The van der Waals surface area contributed by atoms with Crippen LogP contribution < -0.4 is 5.32 Å². The van der Waals surface area contributed by atoms with Crippen molar-refractivity contribution < 1.29 is 19.5 Å². The Labute approximate surface area is 143 Å². The summed E-state index contributed by atoms with van der Waals surface area (Å²) in [7, 11) is 0. The predicted octanol–water partition coefficient (Wildman–Crippen LogP) is 1.93. The fraction of sp³-hybridized carbons (Fsp3) is 0.833. The third-order valence-electron chi connectivity index (χ3n) is 6.07. The number of carboxylic acids is 1. The van der Waals surface area contributed by atoms with Crippen molar-refractivity contribution in [1.29, 1.82) is 0 Å². The second kappa shape index (κ2) is 7.11. The van der Waals surface area contributed by atoms with Gasteiger partial charge in [0.15, 0.2) is 0 Å². The Morgan fingerprint density at radius 3 is 2.04 bits per heavy atom. The fourth-order valence-corrected chi connectivity index (χ4v) is 4.61. The molecule has 2 atom stereocenters. The molecule has 2 saturated carbocycles. The first-order valence-corrected chi connectivity index (χ1v) is 9.38. The lowest BCUT2D eigenvalue weighted by Crippen LogP contribution is -2.56. The van der Waals surface area contributed by atoms with E-state index in [1.807, 2.05) is 4.90 Å². The van der Waals surface area contributed by atoms with Crippen molar-refractivity contribution in [2.24, 2.45) is 11.8 Å². The van der Waals surface area contributed by atoms with Crippen molar-refractivity contribution in [3.8, 4) is 0 Å². The number of carbonyl (C=O) groups excluding carboxylic acids is 2. The van der Waals surface area contributed by atoms with Gasteiger partial charge in [-0.1, -0.05) is 25.7 Å². The molecule has 3 aliphatic rings. The average molecular weight is 336 g/mol. The van der Waals surface area contributed by atoms with Crippen molar-refractivity contribution in [3.05, 3.63) is 0 Å². The summed E-state index contributed by atoms with van der Waals surface area (Å²) in [5.41, 5.74) is -1.12. The lowest BCUT2D eigenvalue weighted by molar-refractivity contribution is -0.150. The van der Waals surface area contributed by atoms with Gasteiger partial charge in [-0.3, -0.25) is 9.59 Å². The molecule has 0 bridgehead atoms. The van der Waals surface area contributed by atoms with Gasteiger partial charge in [-0.25, -0.2) is 4.79 Å². The van der Waals surface area contributed by atoms with E-state index in [4.69, 9.17) is 0 Å². The van der Waals surface area contributed by atoms with Crippen molar-refractivity contribution in [3.63, 3.8) is 0 Å². The lowest BCUT2D eigenvalue weighted by Gasteiger charge is -2.35. The van der Waals surface area contributed by atoms with Gasteiger partial charge in [0.1, 0.15) is 5.54 Å². The molecular weight excluding hydrogens is 308 g/mol. The topological polar surface area (TPSA) is 86.7 Å². The number of hydrogen-bond donors (Lipinski definition) is 2. The van der Waals surface area contributed by atoms with Crippen LogP contribution in [0, 0.1) is 11.8 Å². The molecule has 0 unspecified atom stereocenters. The van der Waals surface area contributed by atoms with Crippen molar-refractivity contribution in [1.82, 2.24) is 10.2 Å². The molecule has 2 aliphatic carbocycles. The molecular formula is C18H28N2O4. The maximum atomic E-state index is 12.8. The largest absolute Gasteiger partial charge is 0.480 e. The number of hydrogen-bond acceptors (Lipinski definition) is 3. The zero-order chi connectivity index (χ0) is 17.2. The fourth-order valence-electron chi connectivity index (χ4n) is 4.61. The zero-order valence-electron chi connectivity index (χ0n) is 14.3. The third-order valence-corrected chi connectivity index (χ3v) is 6.07. The van der Waals surface area contributed by atoms with E-state index in [1.165, 1.54) is 0 Å². The molecule has 0 aromatic rings. The minimum atomic E-state index is -1.12. The summed E-state index contributed by atoms with van der Waals surface area (Å²) >= 11 is 0. The molecule has 1 saturated heterocycles. The van der Waals surface area contributed by atoms with Gasteiger partial charge in [0, 0.05) is 24.9 Å². The van der Waals surface area contributed by atoms with E-state index >= 15 is 0 Å². The number of carboxylic acid groups (broad SMARTS) is 1. The Hall–Kier alpha value is -1.59. The van der Waals surface area contributed by atoms with Crippen LogP contribution in [0.4, 0.5) is 0 Å². The van der Waals surface area contributed by atoms with E-state index in [-0.39, 0.29) is 23.7 Å². The minimum Gasteiger partial charge on any atom is -0.480 e. The number of nitrogens with one attached hydrogen (secondary N) is 1. The van der Waals surface area contributed by atoms with E-state index in [2.05, 4.69) is 5.32 Å². The van der Waals surface area contributed by atoms with Crippen LogP contribution in [-0.2, 0) is 14.4 Å². The molecule has 134 valence electrons. The van der Waals surface area contributed by atoms with Crippen LogP contribution in [0.25, 0.3) is 0 Å². The van der Waals surface area contributed by atoms with Crippen LogP contribution in [0.1, 0.15) is 64.2 Å². The van der Waals surface area contributed by atoms with Crippen LogP contribution in [0.3, 0.4) is 0 Å². The summed E-state index contributed by atoms with van der Waals surface area (Å²) in [4.78, 5) is 39.2. The standard InChI is InChI=1S/C18H28N2O4/c21-15(19-18(17(23)24)9-3-4-10-18)13-7-1-2-8-14(13)16(22)20-11-5-6-12-20/h13-14H,1-12H2,(H,19,21)(H,23,24)/t13-,14+/m0/s1. The number of nitrogens with zero attached hydrogens (tertiary/aromatic N) is 1. The summed E-state index contributed by atoms with van der Waals surface area (Å²) < 4.78 is 0. The molecule has 1 heterocycles. The summed E-state index contributed by atoms with van der Waals surface area (Å²) in [6.45, 7) is 1.59.